The number of carbonyl (C=O) groups excluding carboxylic acids is 2. The lowest BCUT2D eigenvalue weighted by molar-refractivity contribution is 0.0475. The predicted molar refractivity (Wildman–Crippen MR) is 119 cm³/mol. The van der Waals surface area contributed by atoms with Crippen LogP contribution >= 0.6 is 0 Å². The fourth-order valence-corrected chi connectivity index (χ4v) is 4.78. The number of methoxy groups -OCH3 is 1. The van der Waals surface area contributed by atoms with Gasteiger partial charge in [-0.3, -0.25) is 9.78 Å². The molecule has 1 atom stereocenters. The number of aromatic nitrogens is 2. The van der Waals surface area contributed by atoms with Crippen LogP contribution in [-0.2, 0) is 22.3 Å². The molecule has 0 amide bonds. The highest BCUT2D eigenvalue weighted by Gasteiger charge is 2.26. The van der Waals surface area contributed by atoms with E-state index < -0.39 is 5.97 Å². The Labute approximate surface area is 182 Å². The number of fused-ring (bicyclic) bond motifs is 2. The minimum absolute atomic E-state index is 0.111. The van der Waals surface area contributed by atoms with Crippen molar-refractivity contribution in [1.82, 2.24) is 9.55 Å². The first-order chi connectivity index (χ1) is 14.9. The van der Waals surface area contributed by atoms with Crippen LogP contribution in [0.15, 0.2) is 30.3 Å². The van der Waals surface area contributed by atoms with Gasteiger partial charge in [0.1, 0.15) is 0 Å². The molecular weight excluding hydrogens is 392 g/mol. The summed E-state index contributed by atoms with van der Waals surface area (Å²) in [6.45, 7) is 6.20. The van der Waals surface area contributed by atoms with Gasteiger partial charge in [0.05, 0.1) is 23.7 Å². The number of rotatable bonds is 7. The Morgan fingerprint density at radius 3 is 2.74 bits per heavy atom. The lowest BCUT2D eigenvalue weighted by atomic mass is 10.0. The molecule has 0 bridgehead atoms. The molecule has 0 radical (unpaired) electrons. The molecule has 1 aliphatic carbocycles. The number of pyridine rings is 1. The molecule has 0 unspecified atom stereocenters. The molecule has 4 rings (SSSR count). The molecular formula is C25H28N2O4. The molecule has 0 N–H and O–H groups in total. The average Bonchev–Trinajstić information content (AvgIpc) is 3.33. The van der Waals surface area contributed by atoms with Gasteiger partial charge in [-0.25, -0.2) is 4.79 Å². The molecule has 1 aliphatic rings. The molecule has 0 aliphatic heterocycles. The Hall–Kier alpha value is -2.99. The number of aryl methyl sites for hydroxylation is 2. The number of hydrogen-bond acceptors (Lipinski definition) is 5. The minimum atomic E-state index is -0.452. The smallest absolute Gasteiger partial charge is 0.339 e. The fourth-order valence-electron chi connectivity index (χ4n) is 4.78. The summed E-state index contributed by atoms with van der Waals surface area (Å²) in [4.78, 5) is 30.7. The summed E-state index contributed by atoms with van der Waals surface area (Å²) in [6.07, 6.45) is 2.65. The number of nitrogens with zero attached hydrogens (tertiary/aromatic N) is 2. The third-order valence-corrected chi connectivity index (χ3v) is 6.09. The van der Waals surface area contributed by atoms with Crippen LogP contribution in [0.25, 0.3) is 10.9 Å². The van der Waals surface area contributed by atoms with E-state index in [0.717, 1.165) is 52.8 Å². The van der Waals surface area contributed by atoms with Gasteiger partial charge in [-0.1, -0.05) is 18.2 Å². The number of esters is 1. The highest BCUT2D eigenvalue weighted by Crippen LogP contribution is 2.30. The zero-order valence-corrected chi connectivity index (χ0v) is 18.5. The Bertz CT molecular complexity index is 1160. The number of ether oxygens (including phenoxy) is 2. The summed E-state index contributed by atoms with van der Waals surface area (Å²) in [5.74, 6) is -0.654. The molecule has 31 heavy (non-hydrogen) atoms. The fraction of sp³-hybridized carbons (Fsp3) is 0.400. The SMILES string of the molecule is COC[C@@H](C)n1c(C)cc(C(=O)COC(=O)c2c3c(nc4ccccc24)CCC3)c1C. The topological polar surface area (TPSA) is 70.4 Å². The van der Waals surface area contributed by atoms with E-state index in [1.165, 1.54) is 0 Å². The van der Waals surface area contributed by atoms with Crippen molar-refractivity contribution in [1.29, 1.82) is 0 Å². The zero-order valence-electron chi connectivity index (χ0n) is 18.5. The van der Waals surface area contributed by atoms with Crippen molar-refractivity contribution in [2.45, 2.75) is 46.1 Å². The van der Waals surface area contributed by atoms with Gasteiger partial charge in [0, 0.05) is 35.1 Å². The van der Waals surface area contributed by atoms with Gasteiger partial charge >= 0.3 is 5.97 Å². The highest BCUT2D eigenvalue weighted by molar-refractivity contribution is 6.06. The van der Waals surface area contributed by atoms with Crippen molar-refractivity contribution < 1.29 is 19.1 Å². The predicted octanol–water partition coefficient (Wildman–Crippen LogP) is 4.39. The van der Waals surface area contributed by atoms with E-state index in [0.29, 0.717) is 17.7 Å². The third-order valence-electron chi connectivity index (χ3n) is 6.09. The van der Waals surface area contributed by atoms with E-state index in [2.05, 4.69) is 4.57 Å². The number of benzene rings is 1. The van der Waals surface area contributed by atoms with E-state index in [9.17, 15) is 9.59 Å². The first-order valence-electron chi connectivity index (χ1n) is 10.7. The maximum Gasteiger partial charge on any atom is 0.339 e. The normalized spacial score (nSPS) is 13.9. The zero-order chi connectivity index (χ0) is 22.1. The summed E-state index contributed by atoms with van der Waals surface area (Å²) < 4.78 is 12.9. The summed E-state index contributed by atoms with van der Waals surface area (Å²) in [5.41, 5.74) is 5.70. The van der Waals surface area contributed by atoms with Crippen LogP contribution in [0.3, 0.4) is 0 Å². The minimum Gasteiger partial charge on any atom is -0.454 e. The van der Waals surface area contributed by atoms with Crippen molar-refractivity contribution in [2.24, 2.45) is 0 Å². The van der Waals surface area contributed by atoms with E-state index in [4.69, 9.17) is 14.5 Å². The van der Waals surface area contributed by atoms with Crippen LogP contribution in [0.4, 0.5) is 0 Å². The van der Waals surface area contributed by atoms with E-state index in [1.807, 2.05) is 51.1 Å². The molecule has 0 spiro atoms. The van der Waals surface area contributed by atoms with Crippen molar-refractivity contribution >= 4 is 22.7 Å². The standard InChI is InChI=1S/C25H28N2O4/c1-15-12-20(17(3)27(15)16(2)13-30-4)23(28)14-31-25(29)24-18-8-5-6-10-21(18)26-22-11-7-9-19(22)24/h5-6,8,10,12,16H,7,9,11,13-14H2,1-4H3/t16-/m1/s1. The summed E-state index contributed by atoms with van der Waals surface area (Å²) >= 11 is 0. The second kappa shape index (κ2) is 8.63. The van der Waals surface area contributed by atoms with Crippen molar-refractivity contribution in [3.05, 3.63) is 64.1 Å². The van der Waals surface area contributed by atoms with Gasteiger partial charge in [-0.05, 0) is 57.7 Å². The molecule has 0 saturated carbocycles. The summed E-state index contributed by atoms with van der Waals surface area (Å²) in [7, 11) is 1.66. The Morgan fingerprint density at radius 1 is 1.19 bits per heavy atom. The Balaban J connectivity index is 1.57. The van der Waals surface area contributed by atoms with Crippen LogP contribution in [0.1, 0.15) is 62.7 Å². The van der Waals surface area contributed by atoms with E-state index >= 15 is 0 Å². The average molecular weight is 421 g/mol. The van der Waals surface area contributed by atoms with Crippen LogP contribution in [0.2, 0.25) is 0 Å². The summed E-state index contributed by atoms with van der Waals surface area (Å²) in [6, 6.07) is 9.58. The molecule has 0 fully saturated rings. The molecule has 2 aromatic heterocycles. The van der Waals surface area contributed by atoms with Gasteiger partial charge in [0.15, 0.2) is 6.61 Å². The van der Waals surface area contributed by atoms with Crippen LogP contribution in [-0.4, -0.2) is 41.6 Å². The quantitative estimate of drug-likeness (QED) is 0.419. The Kier molecular flexibility index (Phi) is 5.92. The molecule has 2 heterocycles. The van der Waals surface area contributed by atoms with Crippen molar-refractivity contribution in [3.8, 4) is 0 Å². The first-order valence-corrected chi connectivity index (χ1v) is 10.7. The lowest BCUT2D eigenvalue weighted by Gasteiger charge is -2.17. The number of ketones is 1. The van der Waals surface area contributed by atoms with Crippen LogP contribution in [0.5, 0.6) is 0 Å². The molecule has 1 aromatic carbocycles. The Morgan fingerprint density at radius 2 is 1.97 bits per heavy atom. The maximum absolute atomic E-state index is 13.1. The van der Waals surface area contributed by atoms with Gasteiger partial charge in [0.2, 0.25) is 5.78 Å². The van der Waals surface area contributed by atoms with Crippen LogP contribution < -0.4 is 0 Å². The van der Waals surface area contributed by atoms with Gasteiger partial charge in [0.25, 0.3) is 0 Å². The molecule has 3 aromatic rings. The van der Waals surface area contributed by atoms with E-state index in [1.54, 1.807) is 7.11 Å². The summed E-state index contributed by atoms with van der Waals surface area (Å²) in [5, 5.41) is 0.784. The molecule has 162 valence electrons. The number of carbonyl (C=O) groups is 2. The number of para-hydroxylation sites is 1. The van der Waals surface area contributed by atoms with Crippen molar-refractivity contribution in [3.63, 3.8) is 0 Å². The highest BCUT2D eigenvalue weighted by atomic mass is 16.5. The molecule has 6 nitrogen and oxygen atoms in total. The van der Waals surface area contributed by atoms with Gasteiger partial charge < -0.3 is 14.0 Å². The second-order valence-corrected chi connectivity index (χ2v) is 8.24. The first kappa shape index (κ1) is 21.2. The van der Waals surface area contributed by atoms with Crippen molar-refractivity contribution in [2.75, 3.05) is 20.3 Å². The monoisotopic (exact) mass is 420 g/mol. The molecule has 6 heteroatoms. The largest absolute Gasteiger partial charge is 0.454 e. The van der Waals surface area contributed by atoms with Gasteiger partial charge in [-0.2, -0.15) is 0 Å². The number of Topliss-reactive ketones (excluding diaryl/α,β-unsaturated/α-hetero) is 1. The number of hydrogen-bond donors (Lipinski definition) is 0. The molecule has 0 saturated heterocycles. The van der Waals surface area contributed by atoms with Gasteiger partial charge in [-0.15, -0.1) is 0 Å². The third kappa shape index (κ3) is 3.88. The van der Waals surface area contributed by atoms with E-state index in [-0.39, 0.29) is 18.4 Å². The van der Waals surface area contributed by atoms with Crippen LogP contribution in [0, 0.1) is 13.8 Å². The second-order valence-electron chi connectivity index (χ2n) is 8.24. The maximum atomic E-state index is 13.1. The lowest BCUT2D eigenvalue weighted by Crippen LogP contribution is -2.18.